The van der Waals surface area contributed by atoms with Gasteiger partial charge in [-0.1, -0.05) is 37.0 Å². The molecule has 0 unspecified atom stereocenters. The van der Waals surface area contributed by atoms with Gasteiger partial charge in [-0.3, -0.25) is 0 Å². The fraction of sp³-hybridized carbons (Fsp3) is 0.316. The third kappa shape index (κ3) is 2.58. The van der Waals surface area contributed by atoms with E-state index in [1.807, 2.05) is 25.3 Å². The van der Waals surface area contributed by atoms with Gasteiger partial charge in [0.1, 0.15) is 12.4 Å². The van der Waals surface area contributed by atoms with Crippen LogP contribution < -0.4 is 0 Å². The number of hydrogen-bond donors (Lipinski definition) is 0. The molecular formula is C19H20N2O. The third-order valence-corrected chi connectivity index (χ3v) is 3.67. The quantitative estimate of drug-likeness (QED) is 0.669. The van der Waals surface area contributed by atoms with Crippen LogP contribution in [0, 0.1) is 11.8 Å². The Morgan fingerprint density at radius 3 is 2.86 bits per heavy atom. The third-order valence-electron chi connectivity index (χ3n) is 3.67. The first-order chi connectivity index (χ1) is 10.9. The van der Waals surface area contributed by atoms with Crippen molar-refractivity contribution in [3.63, 3.8) is 0 Å². The average Bonchev–Trinajstić information content (AvgIpc) is 2.88. The molecule has 3 nitrogen and oxygen atoms in total. The molecule has 0 saturated heterocycles. The van der Waals surface area contributed by atoms with Crippen molar-refractivity contribution in [1.29, 1.82) is 0 Å². The molecule has 2 aromatic heterocycles. The summed E-state index contributed by atoms with van der Waals surface area (Å²) in [6.45, 7) is 5.34. The van der Waals surface area contributed by atoms with Gasteiger partial charge in [0, 0.05) is 35.6 Å². The Labute approximate surface area is 130 Å². The lowest BCUT2D eigenvalue weighted by molar-refractivity contribution is 0.0932. The van der Waals surface area contributed by atoms with Gasteiger partial charge in [0.05, 0.1) is 5.52 Å². The molecule has 112 valence electrons. The van der Waals surface area contributed by atoms with Gasteiger partial charge in [-0.05, 0) is 25.5 Å². The standard InChI is InChI=1S/C19H20N2O/c1-3-5-6-9-15-12-13-20-19-18(15)16-10-7-8-11-17(16)21(19)14-22-4-2/h7-8,10-13H,3-5,14H2,1-2H3. The van der Waals surface area contributed by atoms with Crippen molar-refractivity contribution in [2.45, 2.75) is 33.4 Å². The second kappa shape index (κ2) is 6.64. The molecule has 22 heavy (non-hydrogen) atoms. The summed E-state index contributed by atoms with van der Waals surface area (Å²) in [6, 6.07) is 10.4. The van der Waals surface area contributed by atoms with Crippen molar-refractivity contribution in [2.75, 3.05) is 6.61 Å². The largest absolute Gasteiger partial charge is 0.361 e. The Hall–Kier alpha value is -2.31. The van der Waals surface area contributed by atoms with Crippen LogP contribution in [0.5, 0.6) is 0 Å². The molecular weight excluding hydrogens is 272 g/mol. The number of benzene rings is 1. The predicted octanol–water partition coefficient (Wildman–Crippen LogP) is 4.34. The molecule has 0 atom stereocenters. The second-order valence-electron chi connectivity index (χ2n) is 5.18. The fourth-order valence-electron chi connectivity index (χ4n) is 2.66. The Bertz CT molecular complexity index is 852. The lowest BCUT2D eigenvalue weighted by Crippen LogP contribution is -2.02. The number of unbranched alkanes of at least 4 members (excludes halogenated alkanes) is 1. The molecule has 0 fully saturated rings. The number of nitrogens with zero attached hydrogens (tertiary/aromatic N) is 2. The lowest BCUT2D eigenvalue weighted by Gasteiger charge is -2.06. The zero-order valence-electron chi connectivity index (χ0n) is 13.1. The summed E-state index contributed by atoms with van der Waals surface area (Å²) in [5, 5.41) is 2.31. The molecule has 0 N–H and O–H groups in total. The molecule has 0 aliphatic carbocycles. The average molecular weight is 292 g/mol. The van der Waals surface area contributed by atoms with Crippen molar-refractivity contribution < 1.29 is 4.74 Å². The number of pyridine rings is 1. The number of fused-ring (bicyclic) bond motifs is 3. The van der Waals surface area contributed by atoms with Gasteiger partial charge in [0.25, 0.3) is 0 Å². The van der Waals surface area contributed by atoms with Crippen LogP contribution in [-0.2, 0) is 11.5 Å². The predicted molar refractivity (Wildman–Crippen MR) is 90.7 cm³/mol. The highest BCUT2D eigenvalue weighted by molar-refractivity contribution is 6.09. The van der Waals surface area contributed by atoms with E-state index in [4.69, 9.17) is 4.74 Å². The Kier molecular flexibility index (Phi) is 4.41. The number of para-hydroxylation sites is 1. The minimum absolute atomic E-state index is 0.513. The minimum Gasteiger partial charge on any atom is -0.361 e. The summed E-state index contributed by atoms with van der Waals surface area (Å²) in [4.78, 5) is 4.58. The summed E-state index contributed by atoms with van der Waals surface area (Å²) in [5.41, 5.74) is 3.13. The molecule has 3 rings (SSSR count). The molecule has 0 aliphatic heterocycles. The lowest BCUT2D eigenvalue weighted by atomic mass is 10.1. The van der Waals surface area contributed by atoms with E-state index in [0.29, 0.717) is 13.3 Å². The Morgan fingerprint density at radius 2 is 2.05 bits per heavy atom. The number of rotatable bonds is 4. The van der Waals surface area contributed by atoms with Crippen LogP contribution in [0.4, 0.5) is 0 Å². The van der Waals surface area contributed by atoms with E-state index >= 15 is 0 Å². The maximum Gasteiger partial charge on any atom is 0.144 e. The molecule has 0 radical (unpaired) electrons. The molecule has 0 bridgehead atoms. The van der Waals surface area contributed by atoms with E-state index in [-0.39, 0.29) is 0 Å². The highest BCUT2D eigenvalue weighted by Crippen LogP contribution is 2.29. The van der Waals surface area contributed by atoms with Gasteiger partial charge >= 0.3 is 0 Å². The maximum atomic E-state index is 5.62. The van der Waals surface area contributed by atoms with E-state index in [9.17, 15) is 0 Å². The maximum absolute atomic E-state index is 5.62. The molecule has 0 spiro atoms. The highest BCUT2D eigenvalue weighted by Gasteiger charge is 2.13. The molecule has 3 heteroatoms. The van der Waals surface area contributed by atoms with Crippen molar-refractivity contribution in [2.24, 2.45) is 0 Å². The number of aromatic nitrogens is 2. The van der Waals surface area contributed by atoms with E-state index in [1.165, 1.54) is 5.39 Å². The first-order valence-corrected chi connectivity index (χ1v) is 7.79. The zero-order chi connectivity index (χ0) is 15.4. The monoisotopic (exact) mass is 292 g/mol. The van der Waals surface area contributed by atoms with E-state index in [1.54, 1.807) is 0 Å². The fourth-order valence-corrected chi connectivity index (χ4v) is 2.66. The van der Waals surface area contributed by atoms with Gasteiger partial charge in [-0.15, -0.1) is 0 Å². The van der Waals surface area contributed by atoms with Gasteiger partial charge in [0.15, 0.2) is 0 Å². The highest BCUT2D eigenvalue weighted by atomic mass is 16.5. The smallest absolute Gasteiger partial charge is 0.144 e. The van der Waals surface area contributed by atoms with E-state index in [2.05, 4.69) is 46.5 Å². The normalized spacial score (nSPS) is 10.8. The molecule has 0 aliphatic rings. The molecule has 3 aromatic rings. The van der Waals surface area contributed by atoms with Crippen molar-refractivity contribution >= 4 is 21.9 Å². The zero-order valence-corrected chi connectivity index (χ0v) is 13.1. The molecule has 2 heterocycles. The first-order valence-electron chi connectivity index (χ1n) is 7.79. The van der Waals surface area contributed by atoms with Gasteiger partial charge < -0.3 is 9.30 Å². The minimum atomic E-state index is 0.513. The summed E-state index contributed by atoms with van der Waals surface area (Å²) < 4.78 is 7.74. The van der Waals surface area contributed by atoms with Crippen LogP contribution in [0.15, 0.2) is 36.5 Å². The van der Waals surface area contributed by atoms with Gasteiger partial charge in [-0.2, -0.15) is 0 Å². The molecule has 0 saturated carbocycles. The van der Waals surface area contributed by atoms with Crippen molar-refractivity contribution in [3.8, 4) is 11.8 Å². The van der Waals surface area contributed by atoms with Crippen LogP contribution in [0.3, 0.4) is 0 Å². The van der Waals surface area contributed by atoms with Crippen molar-refractivity contribution in [1.82, 2.24) is 9.55 Å². The summed E-state index contributed by atoms with van der Waals surface area (Å²) in [5.74, 6) is 6.55. The molecule has 0 amide bonds. The van der Waals surface area contributed by atoms with Crippen LogP contribution in [0.1, 0.15) is 32.3 Å². The second-order valence-corrected chi connectivity index (χ2v) is 5.18. The van der Waals surface area contributed by atoms with Gasteiger partial charge in [-0.25, -0.2) is 4.98 Å². The van der Waals surface area contributed by atoms with Crippen molar-refractivity contribution in [3.05, 3.63) is 42.1 Å². The molecule has 1 aromatic carbocycles. The summed E-state index contributed by atoms with van der Waals surface area (Å²) >= 11 is 0. The summed E-state index contributed by atoms with van der Waals surface area (Å²) in [6.07, 6.45) is 3.83. The Morgan fingerprint density at radius 1 is 1.18 bits per heavy atom. The number of hydrogen-bond acceptors (Lipinski definition) is 2. The van der Waals surface area contributed by atoms with Crippen LogP contribution in [-0.4, -0.2) is 16.2 Å². The van der Waals surface area contributed by atoms with Gasteiger partial charge in [0.2, 0.25) is 0 Å². The van der Waals surface area contributed by atoms with Crippen LogP contribution in [0.25, 0.3) is 21.9 Å². The summed E-state index contributed by atoms with van der Waals surface area (Å²) in [7, 11) is 0. The van der Waals surface area contributed by atoms with E-state index in [0.717, 1.165) is 35.0 Å². The van der Waals surface area contributed by atoms with E-state index < -0.39 is 0 Å². The Balaban J connectivity index is 2.26. The van der Waals surface area contributed by atoms with Crippen LogP contribution >= 0.6 is 0 Å². The SMILES string of the molecule is CCCC#Cc1ccnc2c1c1ccccc1n2COCC. The topological polar surface area (TPSA) is 27.1 Å². The number of ether oxygens (including phenoxy) is 1. The first kappa shape index (κ1) is 14.6. The van der Waals surface area contributed by atoms with Crippen LogP contribution in [0.2, 0.25) is 0 Å².